The van der Waals surface area contributed by atoms with Gasteiger partial charge in [-0.25, -0.2) is 0 Å². The van der Waals surface area contributed by atoms with Gasteiger partial charge in [0.2, 0.25) is 0 Å². The topological polar surface area (TPSA) is 33.6 Å². The number of methoxy groups -OCH3 is 1. The molecule has 1 aliphatic heterocycles. The monoisotopic (exact) mass is 306 g/mol. The second-order valence-electron chi connectivity index (χ2n) is 6.48. The van der Waals surface area contributed by atoms with Gasteiger partial charge in [-0.15, -0.1) is 0 Å². The van der Waals surface area contributed by atoms with E-state index in [4.69, 9.17) is 9.73 Å². The number of para-hydroxylation sites is 1. The number of hydrogen-bond donors (Lipinski definition) is 1. The van der Waals surface area contributed by atoms with E-state index in [0.29, 0.717) is 6.04 Å². The third kappa shape index (κ3) is 4.75. The number of hydrogen-bond acceptors (Lipinski definition) is 4. The molecule has 0 spiro atoms. The molecule has 1 heterocycles. The molecule has 1 aliphatic rings. The standard InChI is InChI=1S/C17H26N2OS/c1-17(2,3)15-10-12-21-16(19-15)18-14-8-6-5-7-13(14)9-11-20-4/h5-8,15H,9-12H2,1-4H3,(H,18,19). The molecule has 1 atom stereocenters. The molecule has 1 unspecified atom stereocenters. The largest absolute Gasteiger partial charge is 0.384 e. The van der Waals surface area contributed by atoms with E-state index in [1.807, 2.05) is 11.8 Å². The molecule has 0 amide bonds. The lowest BCUT2D eigenvalue weighted by Crippen LogP contribution is -2.30. The third-order valence-corrected chi connectivity index (χ3v) is 4.66. The summed E-state index contributed by atoms with van der Waals surface area (Å²) in [6.45, 7) is 7.53. The average molecular weight is 306 g/mol. The minimum Gasteiger partial charge on any atom is -0.384 e. The zero-order valence-electron chi connectivity index (χ0n) is 13.5. The van der Waals surface area contributed by atoms with Crippen molar-refractivity contribution in [3.63, 3.8) is 0 Å². The van der Waals surface area contributed by atoms with Crippen molar-refractivity contribution < 1.29 is 4.74 Å². The molecule has 0 saturated carbocycles. The molecule has 1 aromatic carbocycles. The van der Waals surface area contributed by atoms with E-state index in [-0.39, 0.29) is 5.41 Å². The molecule has 0 radical (unpaired) electrons. The van der Waals surface area contributed by atoms with Crippen LogP contribution >= 0.6 is 11.8 Å². The Hall–Kier alpha value is -1.000. The lowest BCUT2D eigenvalue weighted by molar-refractivity contribution is 0.202. The average Bonchev–Trinajstić information content (AvgIpc) is 2.46. The van der Waals surface area contributed by atoms with E-state index in [2.05, 4.69) is 50.4 Å². The van der Waals surface area contributed by atoms with Gasteiger partial charge in [-0.1, -0.05) is 50.7 Å². The normalized spacial score (nSPS) is 19.2. The molecule has 0 bridgehead atoms. The predicted octanol–water partition coefficient (Wildman–Crippen LogP) is 4.20. The van der Waals surface area contributed by atoms with Crippen molar-refractivity contribution in [3.8, 4) is 0 Å². The van der Waals surface area contributed by atoms with Crippen molar-refractivity contribution >= 4 is 22.6 Å². The molecule has 1 aromatic rings. The van der Waals surface area contributed by atoms with Crippen LogP contribution in [0, 0.1) is 5.41 Å². The Morgan fingerprint density at radius 1 is 1.33 bits per heavy atom. The van der Waals surface area contributed by atoms with Crippen LogP contribution in [-0.4, -0.2) is 30.7 Å². The Labute approximate surface area is 132 Å². The Bertz CT molecular complexity index is 494. The third-order valence-electron chi connectivity index (χ3n) is 3.74. The van der Waals surface area contributed by atoms with Crippen molar-refractivity contribution in [1.29, 1.82) is 0 Å². The highest BCUT2D eigenvalue weighted by Crippen LogP contribution is 2.31. The van der Waals surface area contributed by atoms with Crippen LogP contribution in [0.1, 0.15) is 32.8 Å². The van der Waals surface area contributed by atoms with E-state index < -0.39 is 0 Å². The number of ether oxygens (including phenoxy) is 1. The first kappa shape index (κ1) is 16.4. The summed E-state index contributed by atoms with van der Waals surface area (Å²) in [5.41, 5.74) is 2.65. The first-order valence-corrected chi connectivity index (χ1v) is 8.53. The molecular weight excluding hydrogens is 280 g/mol. The number of rotatable bonds is 4. The minimum absolute atomic E-state index is 0.226. The van der Waals surface area contributed by atoms with Crippen molar-refractivity contribution in [2.45, 2.75) is 39.7 Å². The van der Waals surface area contributed by atoms with Crippen LogP contribution in [0.4, 0.5) is 5.69 Å². The maximum Gasteiger partial charge on any atom is 0.161 e. The van der Waals surface area contributed by atoms with Gasteiger partial charge in [0, 0.05) is 18.6 Å². The van der Waals surface area contributed by atoms with Gasteiger partial charge in [-0.05, 0) is 29.9 Å². The molecule has 4 heteroatoms. The van der Waals surface area contributed by atoms with Crippen molar-refractivity contribution in [1.82, 2.24) is 0 Å². The molecule has 0 aromatic heterocycles. The molecule has 3 nitrogen and oxygen atoms in total. The lowest BCUT2D eigenvalue weighted by atomic mass is 9.85. The summed E-state index contributed by atoms with van der Waals surface area (Å²) in [5.74, 6) is 1.13. The zero-order valence-corrected chi connectivity index (χ0v) is 14.3. The predicted molar refractivity (Wildman–Crippen MR) is 93.4 cm³/mol. The van der Waals surface area contributed by atoms with Crippen LogP contribution in [0.3, 0.4) is 0 Å². The highest BCUT2D eigenvalue weighted by molar-refractivity contribution is 8.14. The number of aliphatic imine (C=N–C) groups is 1. The summed E-state index contributed by atoms with van der Waals surface area (Å²) >= 11 is 1.82. The number of anilines is 1. The summed E-state index contributed by atoms with van der Waals surface area (Å²) in [4.78, 5) is 4.91. The number of amidine groups is 1. The maximum absolute atomic E-state index is 5.19. The molecule has 0 fully saturated rings. The minimum atomic E-state index is 0.226. The van der Waals surface area contributed by atoms with E-state index in [0.717, 1.165) is 36.1 Å². The number of benzene rings is 1. The summed E-state index contributed by atoms with van der Waals surface area (Å²) < 4.78 is 5.19. The summed E-state index contributed by atoms with van der Waals surface area (Å²) in [6.07, 6.45) is 2.07. The SMILES string of the molecule is COCCc1ccccc1NC1=NC(C(C)(C)C)CCS1. The van der Waals surface area contributed by atoms with Gasteiger partial charge in [-0.3, -0.25) is 4.99 Å². The highest BCUT2D eigenvalue weighted by Gasteiger charge is 2.27. The molecule has 116 valence electrons. The van der Waals surface area contributed by atoms with Gasteiger partial charge in [-0.2, -0.15) is 0 Å². The Balaban J connectivity index is 2.12. The molecule has 2 rings (SSSR count). The second-order valence-corrected chi connectivity index (χ2v) is 7.56. The van der Waals surface area contributed by atoms with Crippen LogP contribution in [0.15, 0.2) is 29.3 Å². The Morgan fingerprint density at radius 3 is 2.81 bits per heavy atom. The fraction of sp³-hybridized carbons (Fsp3) is 0.588. The van der Waals surface area contributed by atoms with Gasteiger partial charge in [0.25, 0.3) is 0 Å². The molecule has 1 N–H and O–H groups in total. The molecular formula is C17H26N2OS. The van der Waals surface area contributed by atoms with Crippen molar-refractivity contribution in [2.24, 2.45) is 10.4 Å². The quantitative estimate of drug-likeness (QED) is 0.905. The Kier molecular flexibility index (Phi) is 5.71. The second kappa shape index (κ2) is 7.32. The van der Waals surface area contributed by atoms with Crippen molar-refractivity contribution in [2.75, 3.05) is 24.8 Å². The molecule has 0 saturated heterocycles. The Morgan fingerprint density at radius 2 is 2.10 bits per heavy atom. The summed E-state index contributed by atoms with van der Waals surface area (Å²) in [5, 5.41) is 4.57. The zero-order chi connectivity index (χ0) is 15.3. The molecule has 0 aliphatic carbocycles. The smallest absolute Gasteiger partial charge is 0.161 e. The maximum atomic E-state index is 5.19. The van der Waals surface area contributed by atoms with E-state index in [9.17, 15) is 0 Å². The summed E-state index contributed by atoms with van der Waals surface area (Å²) in [7, 11) is 1.74. The van der Waals surface area contributed by atoms with E-state index in [1.165, 1.54) is 5.56 Å². The van der Waals surface area contributed by atoms with Gasteiger partial charge in [0.15, 0.2) is 5.17 Å². The van der Waals surface area contributed by atoms with Crippen LogP contribution in [0.5, 0.6) is 0 Å². The fourth-order valence-electron chi connectivity index (χ4n) is 2.39. The van der Waals surface area contributed by atoms with Gasteiger partial charge in [0.05, 0.1) is 12.6 Å². The van der Waals surface area contributed by atoms with E-state index >= 15 is 0 Å². The number of nitrogens with zero attached hydrogens (tertiary/aromatic N) is 1. The number of thioether (sulfide) groups is 1. The fourth-order valence-corrected chi connectivity index (χ4v) is 3.31. The first-order chi connectivity index (χ1) is 10.0. The molecule has 21 heavy (non-hydrogen) atoms. The highest BCUT2D eigenvalue weighted by atomic mass is 32.2. The van der Waals surface area contributed by atoms with Gasteiger partial charge < -0.3 is 10.1 Å². The number of nitrogens with one attached hydrogen (secondary N) is 1. The van der Waals surface area contributed by atoms with Crippen molar-refractivity contribution in [3.05, 3.63) is 29.8 Å². The van der Waals surface area contributed by atoms with Crippen LogP contribution in [0.2, 0.25) is 0 Å². The summed E-state index contributed by atoms with van der Waals surface area (Å²) in [6, 6.07) is 8.80. The van der Waals surface area contributed by atoms with Crippen LogP contribution in [0.25, 0.3) is 0 Å². The first-order valence-electron chi connectivity index (χ1n) is 7.55. The van der Waals surface area contributed by atoms with Gasteiger partial charge in [0.1, 0.15) is 0 Å². The lowest BCUT2D eigenvalue weighted by Gasteiger charge is -2.31. The van der Waals surface area contributed by atoms with Gasteiger partial charge >= 0.3 is 0 Å². The van der Waals surface area contributed by atoms with E-state index in [1.54, 1.807) is 7.11 Å². The van der Waals surface area contributed by atoms with Crippen LogP contribution in [-0.2, 0) is 11.2 Å². The van der Waals surface area contributed by atoms with Crippen LogP contribution < -0.4 is 5.32 Å².